The lowest BCUT2D eigenvalue weighted by Crippen LogP contribution is -2.41. The van der Waals surface area contributed by atoms with E-state index in [0.717, 1.165) is 11.6 Å². The van der Waals surface area contributed by atoms with Gasteiger partial charge in [-0.1, -0.05) is 35.9 Å². The van der Waals surface area contributed by atoms with Gasteiger partial charge in [0.1, 0.15) is 0 Å². The molecule has 0 bridgehead atoms. The smallest absolute Gasteiger partial charge is 0.270 e. The van der Waals surface area contributed by atoms with Gasteiger partial charge in [0, 0.05) is 36.1 Å². The Morgan fingerprint density at radius 3 is 2.31 bits per heavy atom. The minimum atomic E-state index is -0.688. The summed E-state index contributed by atoms with van der Waals surface area (Å²) >= 11 is 0. The minimum Gasteiger partial charge on any atom is -0.294 e. The Balaban J connectivity index is 1.82. The molecule has 0 atom stereocenters. The first-order valence-corrected chi connectivity index (χ1v) is 7.80. The SMILES string of the molecule is Cc1ccc(C(=O)CCC(=O)NNC(=O)c2cccc([N+](=O)[O-])c2)cc1. The Kier molecular flexibility index (Phi) is 6.15. The van der Waals surface area contributed by atoms with Gasteiger partial charge in [0.2, 0.25) is 5.91 Å². The van der Waals surface area contributed by atoms with Crippen LogP contribution in [0.15, 0.2) is 48.5 Å². The molecule has 0 heterocycles. The molecule has 8 heteroatoms. The number of aryl methyl sites for hydroxylation is 1. The maximum Gasteiger partial charge on any atom is 0.270 e. The largest absolute Gasteiger partial charge is 0.294 e. The second-order valence-electron chi connectivity index (χ2n) is 5.60. The van der Waals surface area contributed by atoms with Gasteiger partial charge in [-0.3, -0.25) is 35.3 Å². The van der Waals surface area contributed by atoms with E-state index in [1.807, 2.05) is 19.1 Å². The third-order valence-electron chi connectivity index (χ3n) is 3.59. The summed E-state index contributed by atoms with van der Waals surface area (Å²) in [4.78, 5) is 45.7. The van der Waals surface area contributed by atoms with E-state index in [-0.39, 0.29) is 29.9 Å². The summed E-state index contributed by atoms with van der Waals surface area (Å²) in [5.74, 6) is -1.40. The molecule has 0 aliphatic rings. The number of carbonyl (C=O) groups excluding carboxylic acids is 3. The summed E-state index contributed by atoms with van der Waals surface area (Å²) in [5, 5.41) is 10.7. The van der Waals surface area contributed by atoms with E-state index in [1.54, 1.807) is 12.1 Å². The van der Waals surface area contributed by atoms with E-state index >= 15 is 0 Å². The van der Waals surface area contributed by atoms with Crippen LogP contribution in [-0.2, 0) is 4.79 Å². The Morgan fingerprint density at radius 1 is 0.962 bits per heavy atom. The van der Waals surface area contributed by atoms with Gasteiger partial charge in [-0.15, -0.1) is 0 Å². The number of nitrogens with one attached hydrogen (secondary N) is 2. The summed E-state index contributed by atoms with van der Waals surface area (Å²) in [6, 6.07) is 12.1. The second-order valence-corrected chi connectivity index (χ2v) is 5.60. The maximum atomic E-state index is 12.0. The van der Waals surface area contributed by atoms with Crippen LogP contribution in [0.1, 0.15) is 39.1 Å². The van der Waals surface area contributed by atoms with Crippen LogP contribution in [0.5, 0.6) is 0 Å². The van der Waals surface area contributed by atoms with Gasteiger partial charge in [0.15, 0.2) is 5.78 Å². The summed E-state index contributed by atoms with van der Waals surface area (Å²) in [5.41, 5.74) is 5.71. The van der Waals surface area contributed by atoms with E-state index in [2.05, 4.69) is 10.9 Å². The monoisotopic (exact) mass is 355 g/mol. The van der Waals surface area contributed by atoms with Gasteiger partial charge in [0.05, 0.1) is 4.92 Å². The highest BCUT2D eigenvalue weighted by Gasteiger charge is 2.13. The molecule has 134 valence electrons. The first-order valence-electron chi connectivity index (χ1n) is 7.80. The molecule has 0 saturated heterocycles. The zero-order chi connectivity index (χ0) is 19.1. The highest BCUT2D eigenvalue weighted by Crippen LogP contribution is 2.12. The molecule has 0 aliphatic carbocycles. The molecule has 0 radical (unpaired) electrons. The second kappa shape index (κ2) is 8.52. The van der Waals surface area contributed by atoms with Gasteiger partial charge in [0.25, 0.3) is 11.6 Å². The van der Waals surface area contributed by atoms with Crippen LogP contribution in [0.4, 0.5) is 5.69 Å². The maximum absolute atomic E-state index is 12.0. The molecule has 2 rings (SSSR count). The molecule has 0 fully saturated rings. The van der Waals surface area contributed by atoms with Crippen molar-refractivity contribution in [3.63, 3.8) is 0 Å². The number of carbonyl (C=O) groups is 3. The predicted molar refractivity (Wildman–Crippen MR) is 93.4 cm³/mol. The van der Waals surface area contributed by atoms with E-state index in [4.69, 9.17) is 0 Å². The molecule has 0 aromatic heterocycles. The molecular weight excluding hydrogens is 338 g/mol. The van der Waals surface area contributed by atoms with Gasteiger partial charge in [-0.2, -0.15) is 0 Å². The Hall–Kier alpha value is -3.55. The standard InChI is InChI=1S/C18H17N3O5/c1-12-5-7-13(8-6-12)16(22)9-10-17(23)19-20-18(24)14-3-2-4-15(11-14)21(25)26/h2-8,11H,9-10H2,1H3,(H,19,23)(H,20,24). The van der Waals surface area contributed by atoms with Crippen molar-refractivity contribution in [2.45, 2.75) is 19.8 Å². The minimum absolute atomic E-state index is 0.00156. The van der Waals surface area contributed by atoms with Crippen LogP contribution in [0, 0.1) is 17.0 Å². The number of amides is 2. The number of hydrazine groups is 1. The van der Waals surface area contributed by atoms with Crippen LogP contribution >= 0.6 is 0 Å². The topological polar surface area (TPSA) is 118 Å². The molecule has 0 unspecified atom stereocenters. The molecule has 0 aliphatic heterocycles. The lowest BCUT2D eigenvalue weighted by Gasteiger charge is -2.07. The van der Waals surface area contributed by atoms with Crippen molar-refractivity contribution in [1.82, 2.24) is 10.9 Å². The average molecular weight is 355 g/mol. The number of nitro benzene ring substituents is 1. The fourth-order valence-electron chi connectivity index (χ4n) is 2.13. The van der Waals surface area contributed by atoms with Crippen molar-refractivity contribution in [3.05, 3.63) is 75.3 Å². The number of rotatable bonds is 6. The molecule has 0 saturated carbocycles. The first kappa shape index (κ1) is 18.8. The van der Waals surface area contributed by atoms with Crippen LogP contribution < -0.4 is 10.9 Å². The third-order valence-corrected chi connectivity index (χ3v) is 3.59. The van der Waals surface area contributed by atoms with Crippen molar-refractivity contribution in [2.75, 3.05) is 0 Å². The summed E-state index contributed by atoms with van der Waals surface area (Å²) in [6.45, 7) is 1.91. The highest BCUT2D eigenvalue weighted by molar-refractivity contribution is 5.99. The van der Waals surface area contributed by atoms with Crippen LogP contribution in [0.25, 0.3) is 0 Å². The number of Topliss-reactive ketones (excluding diaryl/α,β-unsaturated/α-hetero) is 1. The molecule has 2 aromatic rings. The number of hydrogen-bond donors (Lipinski definition) is 2. The number of ketones is 1. The molecule has 26 heavy (non-hydrogen) atoms. The van der Waals surface area contributed by atoms with E-state index in [1.165, 1.54) is 18.2 Å². The normalized spacial score (nSPS) is 10.0. The van der Waals surface area contributed by atoms with Gasteiger partial charge >= 0.3 is 0 Å². The number of benzene rings is 2. The molecule has 2 N–H and O–H groups in total. The summed E-state index contributed by atoms with van der Waals surface area (Å²) < 4.78 is 0. The lowest BCUT2D eigenvalue weighted by molar-refractivity contribution is -0.384. The van der Waals surface area contributed by atoms with Crippen LogP contribution in [0.2, 0.25) is 0 Å². The Labute approximate surface area is 149 Å². The van der Waals surface area contributed by atoms with Crippen LogP contribution in [0.3, 0.4) is 0 Å². The zero-order valence-corrected chi connectivity index (χ0v) is 14.0. The van der Waals surface area contributed by atoms with Crippen molar-refractivity contribution in [1.29, 1.82) is 0 Å². The fourth-order valence-corrected chi connectivity index (χ4v) is 2.13. The van der Waals surface area contributed by atoms with E-state index < -0.39 is 16.7 Å². The lowest BCUT2D eigenvalue weighted by atomic mass is 10.1. The van der Waals surface area contributed by atoms with Crippen molar-refractivity contribution >= 4 is 23.3 Å². The highest BCUT2D eigenvalue weighted by atomic mass is 16.6. The molecular formula is C18H17N3O5. The zero-order valence-electron chi connectivity index (χ0n) is 14.0. The average Bonchev–Trinajstić information content (AvgIpc) is 2.64. The Bertz CT molecular complexity index is 846. The Morgan fingerprint density at radius 2 is 1.65 bits per heavy atom. The molecule has 2 amide bonds. The summed E-state index contributed by atoms with van der Waals surface area (Å²) in [7, 11) is 0. The predicted octanol–water partition coefficient (Wildman–Crippen LogP) is 2.33. The van der Waals surface area contributed by atoms with Gasteiger partial charge in [-0.25, -0.2) is 0 Å². The number of non-ortho nitro benzene ring substituents is 1. The number of nitro groups is 1. The summed E-state index contributed by atoms with van der Waals surface area (Å²) in [6.07, 6.45) is -0.0937. The number of hydrogen-bond acceptors (Lipinski definition) is 5. The van der Waals surface area contributed by atoms with E-state index in [9.17, 15) is 24.5 Å². The fraction of sp³-hybridized carbons (Fsp3) is 0.167. The molecule has 8 nitrogen and oxygen atoms in total. The van der Waals surface area contributed by atoms with Crippen molar-refractivity contribution < 1.29 is 19.3 Å². The third kappa shape index (κ3) is 5.23. The van der Waals surface area contributed by atoms with Gasteiger partial charge < -0.3 is 0 Å². The molecule has 0 spiro atoms. The van der Waals surface area contributed by atoms with Gasteiger partial charge in [-0.05, 0) is 13.0 Å². The first-order chi connectivity index (χ1) is 12.4. The number of nitrogens with zero attached hydrogens (tertiary/aromatic N) is 1. The van der Waals surface area contributed by atoms with Crippen molar-refractivity contribution in [2.24, 2.45) is 0 Å². The van der Waals surface area contributed by atoms with Crippen LogP contribution in [-0.4, -0.2) is 22.5 Å². The molecule has 2 aromatic carbocycles. The van der Waals surface area contributed by atoms with E-state index in [0.29, 0.717) is 5.56 Å². The van der Waals surface area contributed by atoms with Crippen molar-refractivity contribution in [3.8, 4) is 0 Å². The quantitative estimate of drug-likeness (QED) is 0.468.